The van der Waals surface area contributed by atoms with E-state index >= 15 is 0 Å². The molecule has 1 aliphatic heterocycles. The fourth-order valence-electron chi connectivity index (χ4n) is 3.54. The molecule has 5 nitrogen and oxygen atoms in total. The van der Waals surface area contributed by atoms with Gasteiger partial charge in [-0.1, -0.05) is 25.0 Å². The molecule has 2 fully saturated rings. The first-order valence-corrected chi connectivity index (χ1v) is 11.7. The average molecular weight is 383 g/mol. The lowest BCUT2D eigenvalue weighted by atomic mass is 9.97. The Hall–Kier alpha value is -1.05. The number of thioether (sulfide) groups is 1. The molecule has 7 heteroatoms. The van der Waals surface area contributed by atoms with E-state index < -0.39 is 10.0 Å². The molecule has 3 rings (SSSR count). The molecule has 1 N–H and O–H groups in total. The van der Waals surface area contributed by atoms with Crippen LogP contribution in [0.3, 0.4) is 0 Å². The maximum absolute atomic E-state index is 12.6. The molecule has 0 aromatic heterocycles. The third-order valence-corrected chi connectivity index (χ3v) is 7.75. The van der Waals surface area contributed by atoms with Crippen molar-refractivity contribution in [1.29, 1.82) is 0 Å². The first-order valence-electron chi connectivity index (χ1n) is 8.95. The summed E-state index contributed by atoms with van der Waals surface area (Å²) in [6.45, 7) is 0.852. The summed E-state index contributed by atoms with van der Waals surface area (Å²) in [5.74, 6) is -0.116. The van der Waals surface area contributed by atoms with Crippen molar-refractivity contribution in [1.82, 2.24) is 4.31 Å². The first-order chi connectivity index (χ1) is 11.9. The highest BCUT2D eigenvalue weighted by Gasteiger charge is 2.29. The van der Waals surface area contributed by atoms with Crippen LogP contribution in [0, 0.1) is 5.92 Å². The Morgan fingerprint density at radius 3 is 2.40 bits per heavy atom. The van der Waals surface area contributed by atoms with Gasteiger partial charge in [-0.15, -0.1) is 11.8 Å². The summed E-state index contributed by atoms with van der Waals surface area (Å²) in [6.07, 6.45) is 7.47. The number of amides is 1. The largest absolute Gasteiger partial charge is 0.325 e. The lowest BCUT2D eigenvalue weighted by Crippen LogP contribution is -2.40. The predicted molar refractivity (Wildman–Crippen MR) is 102 cm³/mol. The third-order valence-electron chi connectivity index (χ3n) is 5.03. The molecular weight excluding hydrogens is 356 g/mol. The van der Waals surface area contributed by atoms with E-state index in [0.29, 0.717) is 31.2 Å². The molecule has 0 atom stereocenters. The lowest BCUT2D eigenvalue weighted by Gasteiger charge is -2.29. The molecule has 138 valence electrons. The zero-order valence-electron chi connectivity index (χ0n) is 14.6. The molecule has 0 radical (unpaired) electrons. The zero-order chi connectivity index (χ0) is 17.9. The van der Waals surface area contributed by atoms with Gasteiger partial charge >= 0.3 is 0 Å². The summed E-state index contributed by atoms with van der Waals surface area (Å²) in [5, 5.41) is 3.73. The number of nitrogens with zero attached hydrogens (tertiary/aromatic N) is 1. The van der Waals surface area contributed by atoms with Crippen LogP contribution in [-0.2, 0) is 14.8 Å². The standard InChI is InChI=1S/C18H26N2O3S2/c1-25(22,23)20-12-10-14(11-13-20)18(21)19-16-8-4-5-9-17(16)24-15-6-2-3-7-15/h4-5,8-9,14-15H,2-3,6-7,10-13H2,1H3,(H,19,21). The maximum Gasteiger partial charge on any atom is 0.227 e. The molecule has 1 saturated heterocycles. The summed E-state index contributed by atoms with van der Waals surface area (Å²) in [6, 6.07) is 7.99. The number of sulfonamides is 1. The van der Waals surface area contributed by atoms with Crippen LogP contribution in [0.15, 0.2) is 29.2 Å². The summed E-state index contributed by atoms with van der Waals surface area (Å²) < 4.78 is 24.6. The third kappa shape index (κ3) is 4.99. The average Bonchev–Trinajstić information content (AvgIpc) is 3.09. The van der Waals surface area contributed by atoms with Gasteiger partial charge in [0.1, 0.15) is 0 Å². The van der Waals surface area contributed by atoms with E-state index in [1.807, 2.05) is 30.0 Å². The number of hydrogen-bond acceptors (Lipinski definition) is 4. The second-order valence-electron chi connectivity index (χ2n) is 6.95. The van der Waals surface area contributed by atoms with E-state index in [9.17, 15) is 13.2 Å². The van der Waals surface area contributed by atoms with E-state index in [0.717, 1.165) is 10.6 Å². The van der Waals surface area contributed by atoms with Gasteiger partial charge in [-0.25, -0.2) is 12.7 Å². The highest BCUT2D eigenvalue weighted by Crippen LogP contribution is 2.38. The summed E-state index contributed by atoms with van der Waals surface area (Å²) in [5.41, 5.74) is 0.884. The second kappa shape index (κ2) is 8.10. The summed E-state index contributed by atoms with van der Waals surface area (Å²) in [4.78, 5) is 13.8. The molecule has 0 spiro atoms. The number of rotatable bonds is 5. The van der Waals surface area contributed by atoms with Crippen molar-refractivity contribution in [3.63, 3.8) is 0 Å². The van der Waals surface area contributed by atoms with Gasteiger partial charge in [0.15, 0.2) is 0 Å². The SMILES string of the molecule is CS(=O)(=O)N1CCC(C(=O)Nc2ccccc2SC2CCCC2)CC1. The van der Waals surface area contributed by atoms with Gasteiger partial charge in [-0.2, -0.15) is 0 Å². The van der Waals surface area contributed by atoms with Crippen LogP contribution in [0.4, 0.5) is 5.69 Å². The summed E-state index contributed by atoms with van der Waals surface area (Å²) >= 11 is 1.87. The van der Waals surface area contributed by atoms with Crippen LogP contribution >= 0.6 is 11.8 Å². The predicted octanol–water partition coefficient (Wildman–Crippen LogP) is 3.33. The molecule has 1 heterocycles. The van der Waals surface area contributed by atoms with Gasteiger partial charge in [0.05, 0.1) is 11.9 Å². The first kappa shape index (κ1) is 18.7. The molecule has 1 saturated carbocycles. The van der Waals surface area contributed by atoms with Crippen LogP contribution in [0.1, 0.15) is 38.5 Å². The van der Waals surface area contributed by atoms with E-state index in [4.69, 9.17) is 0 Å². The number of carbonyl (C=O) groups excluding carboxylic acids is 1. The molecule has 25 heavy (non-hydrogen) atoms. The highest BCUT2D eigenvalue weighted by molar-refractivity contribution is 8.00. The number of piperidine rings is 1. The number of anilines is 1. The van der Waals surface area contributed by atoms with E-state index in [1.54, 1.807) is 0 Å². The number of benzene rings is 1. The zero-order valence-corrected chi connectivity index (χ0v) is 16.2. The molecular formula is C18H26N2O3S2. The van der Waals surface area contributed by atoms with Crippen molar-refractivity contribution in [3.05, 3.63) is 24.3 Å². The van der Waals surface area contributed by atoms with Gasteiger partial charge in [-0.05, 0) is 37.8 Å². The van der Waals surface area contributed by atoms with Crippen LogP contribution in [0.5, 0.6) is 0 Å². The van der Waals surface area contributed by atoms with Gasteiger partial charge in [0, 0.05) is 29.2 Å². The van der Waals surface area contributed by atoms with Crippen molar-refractivity contribution in [2.24, 2.45) is 5.92 Å². The molecule has 0 bridgehead atoms. The number of carbonyl (C=O) groups is 1. The Labute approximate surface area is 154 Å². The van der Waals surface area contributed by atoms with Crippen LogP contribution < -0.4 is 5.32 Å². The van der Waals surface area contributed by atoms with Gasteiger partial charge in [0.2, 0.25) is 15.9 Å². The van der Waals surface area contributed by atoms with Crippen molar-refractivity contribution >= 4 is 33.4 Å². The Kier molecular flexibility index (Phi) is 6.07. The molecule has 1 aromatic carbocycles. The van der Waals surface area contributed by atoms with Crippen LogP contribution in [-0.4, -0.2) is 43.2 Å². The van der Waals surface area contributed by atoms with Crippen molar-refractivity contribution in [3.8, 4) is 0 Å². The quantitative estimate of drug-likeness (QED) is 0.848. The normalized spacial score (nSPS) is 20.7. The molecule has 1 aromatic rings. The lowest BCUT2D eigenvalue weighted by molar-refractivity contribution is -0.120. The van der Waals surface area contributed by atoms with Gasteiger partial charge in [-0.3, -0.25) is 4.79 Å². The Morgan fingerprint density at radius 1 is 1.12 bits per heavy atom. The Morgan fingerprint density at radius 2 is 1.76 bits per heavy atom. The minimum atomic E-state index is -3.16. The topological polar surface area (TPSA) is 66.5 Å². The maximum atomic E-state index is 12.6. The van der Waals surface area contributed by atoms with Crippen molar-refractivity contribution < 1.29 is 13.2 Å². The Bertz CT molecular complexity index is 707. The number of para-hydroxylation sites is 1. The molecule has 0 unspecified atom stereocenters. The number of hydrogen-bond donors (Lipinski definition) is 1. The van der Waals surface area contributed by atoms with E-state index in [2.05, 4.69) is 11.4 Å². The van der Waals surface area contributed by atoms with E-state index in [-0.39, 0.29) is 11.8 Å². The van der Waals surface area contributed by atoms with Crippen LogP contribution in [0.25, 0.3) is 0 Å². The Balaban J connectivity index is 1.60. The highest BCUT2D eigenvalue weighted by atomic mass is 32.2. The fraction of sp³-hybridized carbons (Fsp3) is 0.611. The van der Waals surface area contributed by atoms with Crippen molar-refractivity contribution in [2.75, 3.05) is 24.7 Å². The fourth-order valence-corrected chi connectivity index (χ4v) is 5.75. The smallest absolute Gasteiger partial charge is 0.227 e. The summed E-state index contributed by atoms with van der Waals surface area (Å²) in [7, 11) is -3.16. The second-order valence-corrected chi connectivity index (χ2v) is 10.3. The minimum absolute atomic E-state index is 0.00706. The molecule has 1 amide bonds. The molecule has 1 aliphatic carbocycles. The minimum Gasteiger partial charge on any atom is -0.325 e. The van der Waals surface area contributed by atoms with Crippen LogP contribution in [0.2, 0.25) is 0 Å². The monoisotopic (exact) mass is 382 g/mol. The van der Waals surface area contributed by atoms with E-state index in [1.165, 1.54) is 36.2 Å². The van der Waals surface area contributed by atoms with Gasteiger partial charge < -0.3 is 5.32 Å². The van der Waals surface area contributed by atoms with Gasteiger partial charge in [0.25, 0.3) is 0 Å². The van der Waals surface area contributed by atoms with Crippen molar-refractivity contribution in [2.45, 2.75) is 48.7 Å². The molecule has 2 aliphatic rings. The number of nitrogens with one attached hydrogen (secondary N) is 1.